The largest absolute Gasteiger partial charge is 0.365 e. The molecule has 174 valence electrons. The van der Waals surface area contributed by atoms with Crippen LogP contribution in [0.5, 0.6) is 0 Å². The average Bonchev–Trinajstić information content (AvgIpc) is 3.28. The summed E-state index contributed by atoms with van der Waals surface area (Å²) in [5, 5.41) is 9.08. The minimum Gasteiger partial charge on any atom is -0.365 e. The van der Waals surface area contributed by atoms with Crippen LogP contribution in [0.2, 0.25) is 10.0 Å². The zero-order valence-electron chi connectivity index (χ0n) is 18.7. The number of hydrogen-bond donors (Lipinski definition) is 1. The van der Waals surface area contributed by atoms with Crippen LogP contribution >= 0.6 is 23.2 Å². The standard InChI is InChI=1S/C25H24Cl2N6O/c1-31-10-12-32(13-11-31)25(34)19-5-3-18(4-6-19)22-16-29-24-9-8-23(30-33(22)24)28-15-17-2-7-20(26)21(27)14-17/h2-9,14,16H,10-13,15H2,1H3,(H,28,30). The molecule has 7 nitrogen and oxygen atoms in total. The van der Waals surface area contributed by atoms with E-state index in [9.17, 15) is 4.79 Å². The molecule has 0 unspecified atom stereocenters. The van der Waals surface area contributed by atoms with Crippen LogP contribution in [0.1, 0.15) is 15.9 Å². The van der Waals surface area contributed by atoms with Crippen molar-refractivity contribution in [1.29, 1.82) is 0 Å². The molecule has 34 heavy (non-hydrogen) atoms. The van der Waals surface area contributed by atoms with Crippen LogP contribution in [0.3, 0.4) is 0 Å². The summed E-state index contributed by atoms with van der Waals surface area (Å²) in [6.07, 6.45) is 1.79. The number of hydrogen-bond acceptors (Lipinski definition) is 5. The number of rotatable bonds is 5. The van der Waals surface area contributed by atoms with Gasteiger partial charge in [0.2, 0.25) is 0 Å². The normalized spacial score (nSPS) is 14.5. The number of anilines is 1. The molecule has 2 aromatic heterocycles. The van der Waals surface area contributed by atoms with Gasteiger partial charge in [0.1, 0.15) is 5.82 Å². The highest BCUT2D eigenvalue weighted by atomic mass is 35.5. The Hall–Kier alpha value is -3.13. The van der Waals surface area contributed by atoms with Crippen molar-refractivity contribution in [3.8, 4) is 11.3 Å². The zero-order chi connectivity index (χ0) is 23.7. The van der Waals surface area contributed by atoms with Crippen molar-refractivity contribution in [2.45, 2.75) is 6.54 Å². The third kappa shape index (κ3) is 4.73. The zero-order valence-corrected chi connectivity index (χ0v) is 20.2. The summed E-state index contributed by atoms with van der Waals surface area (Å²) in [7, 11) is 2.08. The first-order chi connectivity index (χ1) is 16.5. The molecule has 3 heterocycles. The average molecular weight is 495 g/mol. The van der Waals surface area contributed by atoms with Crippen LogP contribution < -0.4 is 5.32 Å². The summed E-state index contributed by atoms with van der Waals surface area (Å²) in [6.45, 7) is 3.87. The third-order valence-corrected chi connectivity index (χ3v) is 6.78. The molecule has 5 rings (SSSR count). The molecule has 0 saturated carbocycles. The molecule has 1 saturated heterocycles. The number of carbonyl (C=O) groups excluding carboxylic acids is 1. The third-order valence-electron chi connectivity index (χ3n) is 6.04. The Morgan fingerprint density at radius 2 is 1.74 bits per heavy atom. The number of carbonyl (C=O) groups is 1. The highest BCUT2D eigenvalue weighted by molar-refractivity contribution is 6.42. The summed E-state index contributed by atoms with van der Waals surface area (Å²) in [4.78, 5) is 21.5. The molecule has 0 radical (unpaired) electrons. The van der Waals surface area contributed by atoms with Crippen molar-refractivity contribution in [2.24, 2.45) is 0 Å². The van der Waals surface area contributed by atoms with E-state index in [0.29, 0.717) is 28.0 Å². The van der Waals surface area contributed by atoms with Crippen molar-refractivity contribution >= 4 is 40.6 Å². The Bertz CT molecular complexity index is 1330. The van der Waals surface area contributed by atoms with Crippen LogP contribution in [0.25, 0.3) is 16.9 Å². The maximum absolute atomic E-state index is 12.8. The van der Waals surface area contributed by atoms with E-state index in [-0.39, 0.29) is 5.91 Å². The molecule has 9 heteroatoms. The second kappa shape index (κ2) is 9.62. The van der Waals surface area contributed by atoms with Gasteiger partial charge in [0.25, 0.3) is 5.91 Å². The van der Waals surface area contributed by atoms with Crippen LogP contribution in [-0.2, 0) is 6.54 Å². The van der Waals surface area contributed by atoms with Gasteiger partial charge in [-0.25, -0.2) is 9.50 Å². The molecule has 1 N–H and O–H groups in total. The molecule has 2 aromatic carbocycles. The van der Waals surface area contributed by atoms with E-state index in [1.807, 2.05) is 53.4 Å². The second-order valence-electron chi connectivity index (χ2n) is 8.41. The fourth-order valence-corrected chi connectivity index (χ4v) is 4.30. The summed E-state index contributed by atoms with van der Waals surface area (Å²) in [5.74, 6) is 0.782. The smallest absolute Gasteiger partial charge is 0.253 e. The lowest BCUT2D eigenvalue weighted by molar-refractivity contribution is 0.0664. The lowest BCUT2D eigenvalue weighted by Gasteiger charge is -2.32. The fraction of sp³-hybridized carbons (Fsp3) is 0.240. The van der Waals surface area contributed by atoms with Crippen LogP contribution in [0.4, 0.5) is 5.82 Å². The number of likely N-dealkylation sites (N-methyl/N-ethyl adjacent to an activating group) is 1. The molecule has 1 aliphatic rings. The minimum atomic E-state index is 0.0738. The summed E-state index contributed by atoms with van der Waals surface area (Å²) in [6, 6.07) is 17.0. The number of amides is 1. The van der Waals surface area contributed by atoms with E-state index in [1.54, 1.807) is 16.8 Å². The molecular formula is C25H24Cl2N6O. The maximum atomic E-state index is 12.8. The van der Waals surface area contributed by atoms with Gasteiger partial charge in [-0.3, -0.25) is 4.79 Å². The van der Waals surface area contributed by atoms with Crippen LogP contribution in [-0.4, -0.2) is 63.5 Å². The second-order valence-corrected chi connectivity index (χ2v) is 9.22. The van der Waals surface area contributed by atoms with Gasteiger partial charge in [0.05, 0.1) is 21.9 Å². The SMILES string of the molecule is CN1CCN(C(=O)c2ccc(-c3cnc4ccc(NCc5ccc(Cl)c(Cl)c5)nn34)cc2)CC1. The molecule has 0 bridgehead atoms. The molecule has 0 atom stereocenters. The molecule has 0 spiro atoms. The van der Waals surface area contributed by atoms with Crippen LogP contribution in [0.15, 0.2) is 60.8 Å². The predicted molar refractivity (Wildman–Crippen MR) is 136 cm³/mol. The van der Waals surface area contributed by atoms with E-state index in [1.165, 1.54) is 0 Å². The van der Waals surface area contributed by atoms with Gasteiger partial charge in [-0.1, -0.05) is 41.4 Å². The number of nitrogens with one attached hydrogen (secondary N) is 1. The molecule has 1 fully saturated rings. The number of aromatic nitrogens is 3. The predicted octanol–water partition coefficient (Wildman–Crippen LogP) is 4.70. The van der Waals surface area contributed by atoms with E-state index < -0.39 is 0 Å². The summed E-state index contributed by atoms with van der Waals surface area (Å²) in [5.41, 5.74) is 4.23. The Kier molecular flexibility index (Phi) is 6.41. The molecule has 4 aromatic rings. The number of piperazine rings is 1. The Morgan fingerprint density at radius 1 is 0.971 bits per heavy atom. The topological polar surface area (TPSA) is 65.8 Å². The quantitative estimate of drug-likeness (QED) is 0.435. The number of nitrogens with zero attached hydrogens (tertiary/aromatic N) is 5. The van der Waals surface area contributed by atoms with Gasteiger partial charge in [-0.05, 0) is 49.0 Å². The highest BCUT2D eigenvalue weighted by Crippen LogP contribution is 2.24. The van der Waals surface area contributed by atoms with Gasteiger partial charge in [-0.2, -0.15) is 0 Å². The van der Waals surface area contributed by atoms with Gasteiger partial charge in [0.15, 0.2) is 5.65 Å². The van der Waals surface area contributed by atoms with Gasteiger partial charge in [-0.15, -0.1) is 5.10 Å². The van der Waals surface area contributed by atoms with E-state index in [2.05, 4.69) is 22.2 Å². The molecule has 1 amide bonds. The van der Waals surface area contributed by atoms with Crippen LogP contribution in [0, 0.1) is 0 Å². The Balaban J connectivity index is 1.33. The Labute approximate surface area is 207 Å². The molecule has 0 aliphatic carbocycles. The fourth-order valence-electron chi connectivity index (χ4n) is 3.98. The minimum absolute atomic E-state index is 0.0738. The number of fused-ring (bicyclic) bond motifs is 1. The van der Waals surface area contributed by atoms with Crippen molar-refractivity contribution in [3.05, 3.63) is 82.0 Å². The monoisotopic (exact) mass is 494 g/mol. The summed E-state index contributed by atoms with van der Waals surface area (Å²) < 4.78 is 1.80. The lowest BCUT2D eigenvalue weighted by atomic mass is 10.1. The van der Waals surface area contributed by atoms with Gasteiger partial charge < -0.3 is 15.1 Å². The van der Waals surface area contributed by atoms with Crippen molar-refractivity contribution in [1.82, 2.24) is 24.4 Å². The van der Waals surface area contributed by atoms with E-state index in [0.717, 1.165) is 48.6 Å². The Morgan fingerprint density at radius 3 is 2.47 bits per heavy atom. The van der Waals surface area contributed by atoms with E-state index in [4.69, 9.17) is 28.3 Å². The molecular weight excluding hydrogens is 471 g/mol. The first-order valence-corrected chi connectivity index (χ1v) is 11.8. The van der Waals surface area contributed by atoms with Crippen molar-refractivity contribution < 1.29 is 4.79 Å². The number of halogens is 2. The van der Waals surface area contributed by atoms with Gasteiger partial charge >= 0.3 is 0 Å². The highest BCUT2D eigenvalue weighted by Gasteiger charge is 2.20. The van der Waals surface area contributed by atoms with Gasteiger partial charge in [0, 0.05) is 43.9 Å². The van der Waals surface area contributed by atoms with Crippen molar-refractivity contribution in [2.75, 3.05) is 38.5 Å². The molecule has 1 aliphatic heterocycles. The van der Waals surface area contributed by atoms with E-state index >= 15 is 0 Å². The summed E-state index contributed by atoms with van der Waals surface area (Å²) >= 11 is 12.1. The number of benzene rings is 2. The lowest BCUT2D eigenvalue weighted by Crippen LogP contribution is -2.47. The first kappa shape index (κ1) is 22.7. The first-order valence-electron chi connectivity index (χ1n) is 11.1. The number of imidazole rings is 1. The maximum Gasteiger partial charge on any atom is 0.253 e. The van der Waals surface area contributed by atoms with Crippen molar-refractivity contribution in [3.63, 3.8) is 0 Å².